The fraction of sp³-hybridized carbons (Fsp3) is 1.00. The first-order chi connectivity index (χ1) is 7.78. The van der Waals surface area contributed by atoms with Crippen LogP contribution in [0.2, 0.25) is 12.1 Å². The van der Waals surface area contributed by atoms with Crippen molar-refractivity contribution < 1.29 is 17.7 Å². The van der Waals surface area contributed by atoms with Crippen molar-refractivity contribution in [1.29, 1.82) is 0 Å². The highest BCUT2D eigenvalue weighted by Gasteiger charge is 2.13. The van der Waals surface area contributed by atoms with Crippen LogP contribution in [0.5, 0.6) is 0 Å². The third-order valence-corrected chi connectivity index (χ3v) is 6.58. The molecule has 0 spiro atoms. The predicted molar refractivity (Wildman–Crippen MR) is 70.4 cm³/mol. The van der Waals surface area contributed by atoms with E-state index in [0.717, 1.165) is 38.1 Å². The van der Waals surface area contributed by atoms with Gasteiger partial charge in [-0.25, -0.2) is 0 Å². The summed E-state index contributed by atoms with van der Waals surface area (Å²) in [6.07, 6.45) is 2.31. The van der Waals surface area contributed by atoms with Crippen LogP contribution in [0.3, 0.4) is 0 Å². The Morgan fingerprint density at radius 2 is 1.19 bits per heavy atom. The zero-order valence-electron chi connectivity index (χ0n) is 11.0. The van der Waals surface area contributed by atoms with Gasteiger partial charge < -0.3 is 17.7 Å². The van der Waals surface area contributed by atoms with Gasteiger partial charge in [-0.1, -0.05) is 12.8 Å². The average molecular weight is 266 g/mol. The van der Waals surface area contributed by atoms with Crippen LogP contribution in [0.15, 0.2) is 0 Å². The highest BCUT2D eigenvalue weighted by atomic mass is 28.3. The Morgan fingerprint density at radius 1 is 0.750 bits per heavy atom. The van der Waals surface area contributed by atoms with Gasteiger partial charge in [0.2, 0.25) is 0 Å². The lowest BCUT2D eigenvalue weighted by molar-refractivity contribution is 0.212. The molecule has 0 atom stereocenters. The van der Waals surface area contributed by atoms with Crippen LogP contribution in [0.25, 0.3) is 0 Å². The lowest BCUT2D eigenvalue weighted by Crippen LogP contribution is -2.23. The molecule has 0 bridgehead atoms. The largest absolute Gasteiger partial charge is 0.400 e. The quantitative estimate of drug-likeness (QED) is 0.420. The van der Waals surface area contributed by atoms with Crippen LogP contribution < -0.4 is 0 Å². The van der Waals surface area contributed by atoms with Crippen molar-refractivity contribution in [2.45, 2.75) is 38.8 Å². The second kappa shape index (κ2) is 11.8. The molecule has 0 aliphatic carbocycles. The summed E-state index contributed by atoms with van der Waals surface area (Å²) in [6.45, 7) is 5.59. The van der Waals surface area contributed by atoms with E-state index in [2.05, 4.69) is 0 Å². The van der Waals surface area contributed by atoms with Gasteiger partial charge in [-0.2, -0.15) is 0 Å². The van der Waals surface area contributed by atoms with Crippen LogP contribution >= 0.6 is 0 Å². The minimum atomic E-state index is -1.38. The second-order valence-corrected chi connectivity index (χ2v) is 8.01. The first-order valence-electron chi connectivity index (χ1n) is 6.07. The Balaban J connectivity index is 3.52. The van der Waals surface area contributed by atoms with Crippen LogP contribution in [-0.4, -0.2) is 46.0 Å². The monoisotopic (exact) mass is 266 g/mol. The van der Waals surface area contributed by atoms with E-state index in [1.54, 1.807) is 14.2 Å². The van der Waals surface area contributed by atoms with Crippen molar-refractivity contribution in [3.05, 3.63) is 0 Å². The summed E-state index contributed by atoms with van der Waals surface area (Å²) in [5.74, 6) is 0. The van der Waals surface area contributed by atoms with Gasteiger partial charge in [-0.3, -0.25) is 0 Å². The van der Waals surface area contributed by atoms with Crippen molar-refractivity contribution in [2.75, 3.05) is 27.4 Å². The maximum Gasteiger partial charge on any atom is 0.321 e. The van der Waals surface area contributed by atoms with Crippen molar-refractivity contribution >= 4 is 18.6 Å². The van der Waals surface area contributed by atoms with Gasteiger partial charge in [0, 0.05) is 27.4 Å². The van der Waals surface area contributed by atoms with E-state index in [0.29, 0.717) is 0 Å². The predicted octanol–water partition coefficient (Wildman–Crippen LogP) is 1.57. The van der Waals surface area contributed by atoms with Gasteiger partial charge in [-0.15, -0.1) is 0 Å². The summed E-state index contributed by atoms with van der Waals surface area (Å²) < 4.78 is 21.7. The zero-order valence-corrected chi connectivity index (χ0v) is 13.3. The summed E-state index contributed by atoms with van der Waals surface area (Å²) in [4.78, 5) is 0. The van der Waals surface area contributed by atoms with Gasteiger partial charge in [0.05, 0.1) is 0 Å². The van der Waals surface area contributed by atoms with E-state index in [4.69, 9.17) is 17.7 Å². The molecule has 0 radical (unpaired) electrons. The van der Waals surface area contributed by atoms with Crippen LogP contribution in [0.4, 0.5) is 0 Å². The third-order valence-electron chi connectivity index (χ3n) is 2.36. The van der Waals surface area contributed by atoms with Gasteiger partial charge in [0.1, 0.15) is 0 Å². The van der Waals surface area contributed by atoms with Gasteiger partial charge >= 0.3 is 18.6 Å². The Labute approximate surface area is 103 Å². The molecule has 0 aromatic carbocycles. The molecule has 98 valence electrons. The number of unbranched alkanes of at least 4 members (excludes halogenated alkanes) is 1. The summed E-state index contributed by atoms with van der Waals surface area (Å²) in [6, 6.07) is 2.17. The Kier molecular flexibility index (Phi) is 12.0. The molecule has 0 saturated heterocycles. The van der Waals surface area contributed by atoms with Crippen LogP contribution in [-0.2, 0) is 17.7 Å². The number of rotatable bonds is 11. The van der Waals surface area contributed by atoms with Crippen LogP contribution in [0.1, 0.15) is 26.7 Å². The van der Waals surface area contributed by atoms with Crippen molar-refractivity contribution in [3.8, 4) is 0 Å². The Morgan fingerprint density at radius 3 is 1.56 bits per heavy atom. The first kappa shape index (κ1) is 16.3. The molecular formula is C10H26O4Si2. The van der Waals surface area contributed by atoms with Gasteiger partial charge in [0.25, 0.3) is 0 Å². The summed E-state index contributed by atoms with van der Waals surface area (Å²) in [5, 5.41) is 0. The van der Waals surface area contributed by atoms with E-state index in [1.165, 1.54) is 0 Å². The smallest absolute Gasteiger partial charge is 0.321 e. The lowest BCUT2D eigenvalue weighted by Gasteiger charge is -2.15. The SMILES string of the molecule is CCO[SiH](CCCC[SiH](OC)OC)OCC. The molecule has 0 rings (SSSR count). The topological polar surface area (TPSA) is 36.9 Å². The van der Waals surface area contributed by atoms with E-state index < -0.39 is 18.6 Å². The summed E-state index contributed by atoms with van der Waals surface area (Å²) in [7, 11) is 0.735. The second-order valence-electron chi connectivity index (χ2n) is 3.53. The van der Waals surface area contributed by atoms with Crippen LogP contribution in [0, 0.1) is 0 Å². The third kappa shape index (κ3) is 8.43. The van der Waals surface area contributed by atoms with Crippen molar-refractivity contribution in [3.63, 3.8) is 0 Å². The maximum atomic E-state index is 5.61. The molecule has 0 aliphatic heterocycles. The highest BCUT2D eigenvalue weighted by Crippen LogP contribution is 2.09. The molecule has 0 aliphatic rings. The van der Waals surface area contributed by atoms with Gasteiger partial charge in [-0.05, 0) is 25.9 Å². The molecule has 0 saturated carbocycles. The molecule has 0 aromatic heterocycles. The molecule has 0 unspecified atom stereocenters. The zero-order chi connectivity index (χ0) is 12.2. The Hall–Kier alpha value is 0.274. The number of hydrogen-bond acceptors (Lipinski definition) is 4. The molecule has 0 amide bonds. The highest BCUT2D eigenvalue weighted by molar-refractivity contribution is 6.45. The minimum absolute atomic E-state index is 0.768. The normalized spacial score (nSPS) is 11.6. The molecule has 4 nitrogen and oxygen atoms in total. The van der Waals surface area contributed by atoms with Crippen molar-refractivity contribution in [2.24, 2.45) is 0 Å². The lowest BCUT2D eigenvalue weighted by atomic mass is 10.4. The Bertz CT molecular complexity index is 139. The average Bonchev–Trinajstić information content (AvgIpc) is 2.30. The molecule has 0 aromatic rings. The van der Waals surface area contributed by atoms with E-state index >= 15 is 0 Å². The first-order valence-corrected chi connectivity index (χ1v) is 9.59. The fourth-order valence-corrected chi connectivity index (χ4v) is 4.62. The van der Waals surface area contributed by atoms with E-state index in [-0.39, 0.29) is 0 Å². The fourth-order valence-electron chi connectivity index (χ4n) is 1.54. The van der Waals surface area contributed by atoms with E-state index in [1.807, 2.05) is 13.8 Å². The van der Waals surface area contributed by atoms with E-state index in [9.17, 15) is 0 Å². The minimum Gasteiger partial charge on any atom is -0.400 e. The molecule has 0 N–H and O–H groups in total. The molecule has 6 heteroatoms. The summed E-state index contributed by atoms with van der Waals surface area (Å²) >= 11 is 0. The standard InChI is InChI=1S/C10H26O4Si2/c1-5-13-16(14-6-2)10-8-7-9-15(11-3)12-4/h15-16H,5-10H2,1-4H3. The maximum absolute atomic E-state index is 5.61. The van der Waals surface area contributed by atoms with Gasteiger partial charge in [0.15, 0.2) is 0 Å². The summed E-state index contributed by atoms with van der Waals surface area (Å²) in [5.41, 5.74) is 0. The molecule has 0 fully saturated rings. The number of hydrogen-bond donors (Lipinski definition) is 0. The molecule has 0 heterocycles. The molecular weight excluding hydrogens is 240 g/mol. The van der Waals surface area contributed by atoms with Crippen molar-refractivity contribution in [1.82, 2.24) is 0 Å². The molecule has 16 heavy (non-hydrogen) atoms.